The van der Waals surface area contributed by atoms with Crippen LogP contribution in [0.1, 0.15) is 16.1 Å². The molecule has 0 saturated heterocycles. The zero-order valence-electron chi connectivity index (χ0n) is 22.7. The molecule has 0 unspecified atom stereocenters. The van der Waals surface area contributed by atoms with E-state index in [0.29, 0.717) is 27.8 Å². The molecule has 0 fully saturated rings. The number of hydrogen-bond acceptors (Lipinski definition) is 5. The number of rotatable bonds is 9. The largest absolute Gasteiger partial charge is 0.480 e. The number of ether oxygens (including phenoxy) is 1. The molecule has 1 atom stereocenters. The number of nitrogens with one attached hydrogen (secondary N) is 1. The highest BCUT2D eigenvalue weighted by Gasteiger charge is 2.24. The molecular weight excluding hydrogens is 564 g/mol. The van der Waals surface area contributed by atoms with E-state index in [-0.39, 0.29) is 12.1 Å². The number of fused-ring (bicyclic) bond motifs is 1. The van der Waals surface area contributed by atoms with Crippen LogP contribution in [-0.2, 0) is 11.2 Å². The molecule has 9 heteroatoms. The van der Waals surface area contributed by atoms with Crippen LogP contribution in [0.15, 0.2) is 121 Å². The molecule has 6 aromatic rings. The lowest BCUT2D eigenvalue weighted by Gasteiger charge is -2.13. The molecule has 8 nitrogen and oxygen atoms in total. The van der Waals surface area contributed by atoms with Crippen LogP contribution in [0.4, 0.5) is 0 Å². The van der Waals surface area contributed by atoms with E-state index in [1.54, 1.807) is 22.7 Å². The van der Waals surface area contributed by atoms with Gasteiger partial charge in [-0.3, -0.25) is 4.79 Å². The number of nitrogens with zero attached hydrogens (tertiary/aromatic N) is 3. The highest BCUT2D eigenvalue weighted by Crippen LogP contribution is 2.30. The van der Waals surface area contributed by atoms with Gasteiger partial charge < -0.3 is 15.2 Å². The van der Waals surface area contributed by atoms with Crippen LogP contribution in [0.2, 0.25) is 5.02 Å². The first-order valence-corrected chi connectivity index (χ1v) is 13.9. The average Bonchev–Trinajstić information content (AvgIpc) is 3.47. The number of aromatic nitrogens is 3. The van der Waals surface area contributed by atoms with Crippen LogP contribution in [0.3, 0.4) is 0 Å². The van der Waals surface area contributed by atoms with E-state index in [1.165, 1.54) is 0 Å². The van der Waals surface area contributed by atoms with Crippen molar-refractivity contribution in [1.29, 1.82) is 0 Å². The lowest BCUT2D eigenvalue weighted by Crippen LogP contribution is -2.42. The van der Waals surface area contributed by atoms with E-state index in [2.05, 4.69) is 10.4 Å². The van der Waals surface area contributed by atoms with Gasteiger partial charge in [0.25, 0.3) is 5.91 Å². The van der Waals surface area contributed by atoms with E-state index in [1.807, 2.05) is 103 Å². The maximum absolute atomic E-state index is 13.3. The summed E-state index contributed by atoms with van der Waals surface area (Å²) in [5.41, 5.74) is 4.24. The van der Waals surface area contributed by atoms with Crippen molar-refractivity contribution in [2.45, 2.75) is 12.5 Å². The van der Waals surface area contributed by atoms with Gasteiger partial charge in [0.15, 0.2) is 11.3 Å². The molecule has 0 saturated carbocycles. The second-order valence-corrected chi connectivity index (χ2v) is 10.3. The summed E-state index contributed by atoms with van der Waals surface area (Å²) in [4.78, 5) is 30.0. The van der Waals surface area contributed by atoms with Crippen LogP contribution in [0.25, 0.3) is 28.2 Å². The highest BCUT2D eigenvalue weighted by molar-refractivity contribution is 6.30. The molecule has 0 aliphatic carbocycles. The Bertz CT molecular complexity index is 1890. The first kappa shape index (κ1) is 27.7. The SMILES string of the molecule is O=C(N[C@@H](Cc1ccccc1)C(=O)O)c1cc2nc(-c3ccc(Cl)cc3)cc(-c3ccc(Oc4ccccc4)cc3)n2n1. The van der Waals surface area contributed by atoms with Gasteiger partial charge in [-0.15, -0.1) is 0 Å². The number of para-hydroxylation sites is 1. The van der Waals surface area contributed by atoms with E-state index < -0.39 is 17.9 Å². The molecule has 0 aliphatic heterocycles. The summed E-state index contributed by atoms with van der Waals surface area (Å²) in [6, 6.07) is 35.7. The Morgan fingerprint density at radius 2 is 1.44 bits per heavy atom. The van der Waals surface area contributed by atoms with Crippen LogP contribution in [0, 0.1) is 0 Å². The van der Waals surface area contributed by atoms with Gasteiger partial charge in [0.1, 0.15) is 17.5 Å². The van der Waals surface area contributed by atoms with Crippen molar-refractivity contribution >= 4 is 29.1 Å². The van der Waals surface area contributed by atoms with Gasteiger partial charge in [0.05, 0.1) is 11.4 Å². The third kappa shape index (κ3) is 6.39. The predicted octanol–water partition coefficient (Wildman–Crippen LogP) is 6.93. The highest BCUT2D eigenvalue weighted by atomic mass is 35.5. The topological polar surface area (TPSA) is 106 Å². The van der Waals surface area contributed by atoms with E-state index >= 15 is 0 Å². The summed E-state index contributed by atoms with van der Waals surface area (Å²) in [6.45, 7) is 0. The monoisotopic (exact) mass is 588 g/mol. The first-order valence-electron chi connectivity index (χ1n) is 13.5. The van der Waals surface area contributed by atoms with Gasteiger partial charge in [0.2, 0.25) is 0 Å². The molecule has 2 aromatic heterocycles. The number of hydrogen-bond donors (Lipinski definition) is 2. The van der Waals surface area contributed by atoms with Crippen molar-refractivity contribution in [3.63, 3.8) is 0 Å². The van der Waals surface area contributed by atoms with Crippen molar-refractivity contribution in [2.75, 3.05) is 0 Å². The minimum atomic E-state index is -1.14. The third-order valence-corrected chi connectivity index (χ3v) is 7.07. The van der Waals surface area contributed by atoms with Gasteiger partial charge in [-0.1, -0.05) is 72.3 Å². The third-order valence-electron chi connectivity index (χ3n) is 6.81. The molecule has 0 spiro atoms. The Kier molecular flexibility index (Phi) is 7.84. The average molecular weight is 589 g/mol. The Morgan fingerprint density at radius 1 is 0.814 bits per heavy atom. The van der Waals surface area contributed by atoms with Crippen LogP contribution >= 0.6 is 11.6 Å². The van der Waals surface area contributed by atoms with E-state index in [9.17, 15) is 14.7 Å². The molecule has 212 valence electrons. The van der Waals surface area contributed by atoms with Crippen molar-refractivity contribution in [1.82, 2.24) is 19.9 Å². The molecule has 6 rings (SSSR count). The fourth-order valence-electron chi connectivity index (χ4n) is 4.66. The number of aliphatic carboxylic acids is 1. The Balaban J connectivity index is 1.35. The fraction of sp³-hybridized carbons (Fsp3) is 0.0588. The summed E-state index contributed by atoms with van der Waals surface area (Å²) in [5.74, 6) is -0.361. The Morgan fingerprint density at radius 3 is 2.12 bits per heavy atom. The number of carbonyl (C=O) groups excluding carboxylic acids is 1. The first-order chi connectivity index (χ1) is 20.9. The molecule has 2 heterocycles. The number of amides is 1. The van der Waals surface area contributed by atoms with Gasteiger partial charge in [-0.05, 0) is 60.2 Å². The molecule has 43 heavy (non-hydrogen) atoms. The minimum Gasteiger partial charge on any atom is -0.480 e. The van der Waals surface area contributed by atoms with Gasteiger partial charge in [0, 0.05) is 28.6 Å². The lowest BCUT2D eigenvalue weighted by atomic mass is 10.1. The quantitative estimate of drug-likeness (QED) is 0.190. The van der Waals surface area contributed by atoms with Gasteiger partial charge in [-0.2, -0.15) is 5.10 Å². The fourth-order valence-corrected chi connectivity index (χ4v) is 4.79. The zero-order valence-corrected chi connectivity index (χ0v) is 23.5. The Labute approximate surface area is 252 Å². The zero-order chi connectivity index (χ0) is 29.8. The lowest BCUT2D eigenvalue weighted by molar-refractivity contribution is -0.139. The number of carboxylic acid groups (broad SMARTS) is 1. The maximum Gasteiger partial charge on any atom is 0.326 e. The molecule has 1 amide bonds. The molecule has 2 N–H and O–H groups in total. The summed E-state index contributed by atoms with van der Waals surface area (Å²) >= 11 is 6.11. The van der Waals surface area contributed by atoms with E-state index in [0.717, 1.165) is 22.4 Å². The van der Waals surface area contributed by atoms with Crippen molar-refractivity contribution in [3.8, 4) is 34.0 Å². The number of halogens is 1. The van der Waals surface area contributed by atoms with Crippen LogP contribution in [-0.4, -0.2) is 37.6 Å². The molecular formula is C34H25ClN4O4. The summed E-state index contributed by atoms with van der Waals surface area (Å²) in [6.07, 6.45) is 0.136. The predicted molar refractivity (Wildman–Crippen MR) is 164 cm³/mol. The molecule has 0 bridgehead atoms. The van der Waals surface area contributed by atoms with Crippen molar-refractivity contribution < 1.29 is 19.4 Å². The minimum absolute atomic E-state index is 0.0466. The number of carbonyl (C=O) groups is 2. The van der Waals surface area contributed by atoms with Crippen molar-refractivity contribution in [3.05, 3.63) is 138 Å². The van der Waals surface area contributed by atoms with Crippen LogP contribution < -0.4 is 10.1 Å². The normalized spacial score (nSPS) is 11.7. The second kappa shape index (κ2) is 12.2. The molecule has 4 aromatic carbocycles. The van der Waals surface area contributed by atoms with Gasteiger partial charge >= 0.3 is 5.97 Å². The number of carboxylic acids is 1. The van der Waals surface area contributed by atoms with E-state index in [4.69, 9.17) is 21.3 Å². The smallest absolute Gasteiger partial charge is 0.326 e. The maximum atomic E-state index is 13.3. The molecule has 0 radical (unpaired) electrons. The summed E-state index contributed by atoms with van der Waals surface area (Å²) < 4.78 is 7.52. The van der Waals surface area contributed by atoms with Gasteiger partial charge in [-0.25, -0.2) is 14.3 Å². The van der Waals surface area contributed by atoms with Crippen molar-refractivity contribution in [2.24, 2.45) is 0 Å². The molecule has 0 aliphatic rings. The summed E-state index contributed by atoms with van der Waals surface area (Å²) in [7, 11) is 0. The van der Waals surface area contributed by atoms with Crippen LogP contribution in [0.5, 0.6) is 11.5 Å². The summed E-state index contributed by atoms with van der Waals surface area (Å²) in [5, 5.41) is 17.5. The Hall–Kier alpha value is -5.47. The standard InChI is InChI=1S/C34H25ClN4O4/c35-25-15-11-23(12-16-25)28-20-31(24-13-17-27(18-14-24)43-26-9-5-2-6-10-26)39-32(36-28)21-29(38-39)33(40)37-30(34(41)42)19-22-7-3-1-4-8-22/h1-18,20-21,30H,19H2,(H,37,40)(H,41,42)/t30-/m0/s1. The number of benzene rings is 4. The second-order valence-electron chi connectivity index (χ2n) is 9.83.